The highest BCUT2D eigenvalue weighted by molar-refractivity contribution is 5.85. The van der Waals surface area contributed by atoms with Crippen molar-refractivity contribution in [3.8, 4) is 0 Å². The molecule has 0 saturated carbocycles. The van der Waals surface area contributed by atoms with Gasteiger partial charge in [0.2, 0.25) is 0 Å². The highest BCUT2D eigenvalue weighted by atomic mass is 16.5. The van der Waals surface area contributed by atoms with Gasteiger partial charge in [0.15, 0.2) is 5.78 Å². The van der Waals surface area contributed by atoms with Crippen LogP contribution in [0.25, 0.3) is 0 Å². The first-order chi connectivity index (χ1) is 6.11. The molecule has 1 atom stereocenters. The van der Waals surface area contributed by atoms with Gasteiger partial charge in [-0.1, -0.05) is 0 Å². The number of ether oxygens (including phenoxy) is 1. The van der Waals surface area contributed by atoms with Crippen molar-refractivity contribution >= 4 is 5.78 Å². The molecule has 1 spiro atoms. The molecule has 13 heavy (non-hydrogen) atoms. The first-order valence-electron chi connectivity index (χ1n) is 5.00. The van der Waals surface area contributed by atoms with Gasteiger partial charge in [0.05, 0.1) is 5.60 Å². The molecule has 0 amide bonds. The van der Waals surface area contributed by atoms with E-state index in [1.165, 1.54) is 0 Å². The number of rotatable bonds is 0. The first kappa shape index (κ1) is 9.16. The van der Waals surface area contributed by atoms with Crippen molar-refractivity contribution < 1.29 is 9.53 Å². The van der Waals surface area contributed by atoms with Crippen LogP contribution < -0.4 is 0 Å². The van der Waals surface area contributed by atoms with Crippen molar-refractivity contribution in [2.45, 2.75) is 37.9 Å². The van der Waals surface area contributed by atoms with E-state index in [0.717, 1.165) is 25.9 Å². The van der Waals surface area contributed by atoms with Crippen molar-refractivity contribution in [1.29, 1.82) is 0 Å². The third-order valence-electron chi connectivity index (χ3n) is 3.27. The fraction of sp³-hybridized carbons (Fsp3) is 0.900. The molecule has 0 aromatic carbocycles. The van der Waals surface area contributed by atoms with Crippen LogP contribution in [0.3, 0.4) is 0 Å². The normalized spacial score (nSPS) is 34.3. The molecule has 3 heteroatoms. The smallest absolute Gasteiger partial charge is 0.164 e. The van der Waals surface area contributed by atoms with Crippen LogP contribution in [0.15, 0.2) is 0 Å². The highest BCUT2D eigenvalue weighted by Crippen LogP contribution is 2.36. The number of nitrogens with zero attached hydrogens (tertiary/aromatic N) is 1. The van der Waals surface area contributed by atoms with Crippen LogP contribution in [-0.2, 0) is 9.53 Å². The summed E-state index contributed by atoms with van der Waals surface area (Å²) in [4.78, 5) is 13.7. The second-order valence-electron chi connectivity index (χ2n) is 4.39. The standard InChI is InChI=1S/C10H17NO2/c1-8-9(12)7-10(13-8)3-5-11(2)6-4-10/h8H,3-7H2,1-2H3/t8-/m1/s1. The largest absolute Gasteiger partial charge is 0.364 e. The SMILES string of the molecule is C[C@H]1OC2(CCN(C)CC2)CC1=O. The van der Waals surface area contributed by atoms with E-state index in [4.69, 9.17) is 4.74 Å². The van der Waals surface area contributed by atoms with Gasteiger partial charge in [0.1, 0.15) is 6.10 Å². The molecule has 3 nitrogen and oxygen atoms in total. The Bertz CT molecular complexity index is 219. The maximum absolute atomic E-state index is 11.4. The molecular weight excluding hydrogens is 166 g/mol. The van der Waals surface area contributed by atoms with E-state index >= 15 is 0 Å². The molecule has 2 fully saturated rings. The van der Waals surface area contributed by atoms with Gasteiger partial charge in [0, 0.05) is 19.5 Å². The Kier molecular flexibility index (Phi) is 2.16. The second kappa shape index (κ2) is 3.07. The Balaban J connectivity index is 2.03. The Morgan fingerprint density at radius 3 is 2.54 bits per heavy atom. The lowest BCUT2D eigenvalue weighted by Crippen LogP contribution is -2.42. The van der Waals surface area contributed by atoms with E-state index in [0.29, 0.717) is 6.42 Å². The molecule has 0 aliphatic carbocycles. The topological polar surface area (TPSA) is 29.5 Å². The van der Waals surface area contributed by atoms with Gasteiger partial charge in [-0.25, -0.2) is 0 Å². The fourth-order valence-corrected chi connectivity index (χ4v) is 2.26. The van der Waals surface area contributed by atoms with Gasteiger partial charge < -0.3 is 9.64 Å². The van der Waals surface area contributed by atoms with E-state index in [-0.39, 0.29) is 17.5 Å². The number of piperidine rings is 1. The molecule has 74 valence electrons. The van der Waals surface area contributed by atoms with Gasteiger partial charge in [0.25, 0.3) is 0 Å². The Labute approximate surface area is 79.0 Å². The van der Waals surface area contributed by atoms with Crippen LogP contribution in [0.1, 0.15) is 26.2 Å². The molecule has 0 bridgehead atoms. The summed E-state index contributed by atoms with van der Waals surface area (Å²) < 4.78 is 5.77. The second-order valence-corrected chi connectivity index (χ2v) is 4.39. The Morgan fingerprint density at radius 1 is 1.46 bits per heavy atom. The van der Waals surface area contributed by atoms with Gasteiger partial charge in [-0.2, -0.15) is 0 Å². The molecule has 2 aliphatic rings. The molecule has 2 aliphatic heterocycles. The molecule has 0 aromatic heterocycles. The number of likely N-dealkylation sites (tertiary alicyclic amines) is 1. The van der Waals surface area contributed by atoms with Gasteiger partial charge in [-0.15, -0.1) is 0 Å². The van der Waals surface area contributed by atoms with Crippen molar-refractivity contribution in [3.63, 3.8) is 0 Å². The number of hydrogen-bond donors (Lipinski definition) is 0. The van der Waals surface area contributed by atoms with Crippen LogP contribution in [0.4, 0.5) is 0 Å². The van der Waals surface area contributed by atoms with Crippen LogP contribution in [-0.4, -0.2) is 42.5 Å². The molecule has 0 radical (unpaired) electrons. The summed E-state index contributed by atoms with van der Waals surface area (Å²) in [6.45, 7) is 3.98. The number of Topliss-reactive ketones (excluding diaryl/α,β-unsaturated/α-hetero) is 1. The van der Waals surface area contributed by atoms with E-state index in [1.54, 1.807) is 0 Å². The van der Waals surface area contributed by atoms with E-state index in [9.17, 15) is 4.79 Å². The number of ketones is 1. The molecule has 0 aromatic rings. The van der Waals surface area contributed by atoms with Crippen LogP contribution in [0.2, 0.25) is 0 Å². The lowest BCUT2D eigenvalue weighted by atomic mass is 9.88. The van der Waals surface area contributed by atoms with Crippen LogP contribution in [0.5, 0.6) is 0 Å². The van der Waals surface area contributed by atoms with Crippen molar-refractivity contribution in [3.05, 3.63) is 0 Å². The minimum atomic E-state index is -0.164. The fourth-order valence-electron chi connectivity index (χ4n) is 2.26. The van der Waals surface area contributed by atoms with Crippen LogP contribution in [0, 0.1) is 0 Å². The average Bonchev–Trinajstić information content (AvgIpc) is 2.36. The predicted molar refractivity (Wildman–Crippen MR) is 49.6 cm³/mol. The zero-order valence-electron chi connectivity index (χ0n) is 8.38. The van der Waals surface area contributed by atoms with E-state index in [1.807, 2.05) is 6.92 Å². The lowest BCUT2D eigenvalue weighted by molar-refractivity contribution is -0.123. The Morgan fingerprint density at radius 2 is 2.08 bits per heavy atom. The van der Waals surface area contributed by atoms with Gasteiger partial charge in [-0.3, -0.25) is 4.79 Å². The summed E-state index contributed by atoms with van der Waals surface area (Å²) in [7, 11) is 2.12. The number of carbonyl (C=O) groups excluding carboxylic acids is 1. The highest BCUT2D eigenvalue weighted by Gasteiger charge is 2.44. The maximum Gasteiger partial charge on any atom is 0.164 e. The third kappa shape index (κ3) is 1.63. The van der Waals surface area contributed by atoms with E-state index in [2.05, 4.69) is 11.9 Å². The summed E-state index contributed by atoms with van der Waals surface area (Å²) in [6, 6.07) is 0. The zero-order chi connectivity index (χ0) is 9.47. The molecule has 0 N–H and O–H groups in total. The molecular formula is C10H17NO2. The minimum Gasteiger partial charge on any atom is -0.364 e. The van der Waals surface area contributed by atoms with E-state index < -0.39 is 0 Å². The van der Waals surface area contributed by atoms with Crippen molar-refractivity contribution in [1.82, 2.24) is 4.90 Å². The van der Waals surface area contributed by atoms with Gasteiger partial charge >= 0.3 is 0 Å². The summed E-state index contributed by atoms with van der Waals surface area (Å²) >= 11 is 0. The zero-order valence-corrected chi connectivity index (χ0v) is 8.38. The summed E-state index contributed by atoms with van der Waals surface area (Å²) in [5, 5.41) is 0. The molecule has 0 unspecified atom stereocenters. The maximum atomic E-state index is 11.4. The monoisotopic (exact) mass is 183 g/mol. The van der Waals surface area contributed by atoms with Crippen molar-refractivity contribution in [2.24, 2.45) is 0 Å². The summed E-state index contributed by atoms with van der Waals surface area (Å²) in [5.41, 5.74) is -0.0942. The number of carbonyl (C=O) groups is 1. The number of hydrogen-bond acceptors (Lipinski definition) is 3. The minimum absolute atomic E-state index is 0.0942. The third-order valence-corrected chi connectivity index (χ3v) is 3.27. The lowest BCUT2D eigenvalue weighted by Gasteiger charge is -2.36. The molecule has 2 rings (SSSR count). The van der Waals surface area contributed by atoms with Gasteiger partial charge in [-0.05, 0) is 26.8 Å². The molecule has 2 saturated heterocycles. The predicted octanol–water partition coefficient (Wildman–Crippen LogP) is 0.829. The molecule has 2 heterocycles. The van der Waals surface area contributed by atoms with Crippen LogP contribution >= 0.6 is 0 Å². The average molecular weight is 183 g/mol. The Hall–Kier alpha value is -0.410. The quantitative estimate of drug-likeness (QED) is 0.557. The first-order valence-corrected chi connectivity index (χ1v) is 5.00. The summed E-state index contributed by atoms with van der Waals surface area (Å²) in [6.07, 6.45) is 2.50. The summed E-state index contributed by atoms with van der Waals surface area (Å²) in [5.74, 6) is 0.282. The van der Waals surface area contributed by atoms with Crippen molar-refractivity contribution in [2.75, 3.05) is 20.1 Å².